The van der Waals surface area contributed by atoms with Crippen LogP contribution in [0.2, 0.25) is 0 Å². The van der Waals surface area contributed by atoms with Crippen molar-refractivity contribution in [2.24, 2.45) is 0 Å². The van der Waals surface area contributed by atoms with Gasteiger partial charge < -0.3 is 25.6 Å². The zero-order valence-electron chi connectivity index (χ0n) is 11.4. The summed E-state index contributed by atoms with van der Waals surface area (Å²) in [6.07, 6.45) is -1.41. The van der Waals surface area contributed by atoms with Crippen molar-refractivity contribution in [3.05, 3.63) is 23.8 Å². The molecule has 7 heteroatoms. The number of benzene rings is 1. The molecular formula is C13H18N2O5. The van der Waals surface area contributed by atoms with E-state index in [9.17, 15) is 14.7 Å². The molecule has 1 aromatic carbocycles. The van der Waals surface area contributed by atoms with Crippen molar-refractivity contribution in [3.63, 3.8) is 0 Å². The summed E-state index contributed by atoms with van der Waals surface area (Å²) in [5.41, 5.74) is 6.34. The molecule has 0 fully saturated rings. The summed E-state index contributed by atoms with van der Waals surface area (Å²) in [5.74, 6) is -0.805. The molecule has 1 atom stereocenters. The van der Waals surface area contributed by atoms with Crippen LogP contribution in [0.3, 0.4) is 0 Å². The highest BCUT2D eigenvalue weighted by molar-refractivity contribution is 5.95. The SMILES string of the molecule is CCOc1cc(N)cc(C(=O)NCC(O)C(=O)OC)c1. The van der Waals surface area contributed by atoms with E-state index >= 15 is 0 Å². The number of carbonyl (C=O) groups is 2. The van der Waals surface area contributed by atoms with E-state index in [1.54, 1.807) is 6.07 Å². The third-order valence-electron chi connectivity index (χ3n) is 2.43. The summed E-state index contributed by atoms with van der Waals surface area (Å²) in [7, 11) is 1.15. The lowest BCUT2D eigenvalue weighted by Crippen LogP contribution is -2.37. The molecule has 0 aliphatic carbocycles. The molecule has 1 unspecified atom stereocenters. The van der Waals surface area contributed by atoms with Gasteiger partial charge in [0.2, 0.25) is 0 Å². The predicted octanol–water partition coefficient (Wildman–Crippen LogP) is -0.0688. The summed E-state index contributed by atoms with van der Waals surface area (Å²) < 4.78 is 9.62. The molecule has 0 spiro atoms. The van der Waals surface area contributed by atoms with Gasteiger partial charge in [-0.25, -0.2) is 4.79 Å². The molecule has 0 heterocycles. The van der Waals surface area contributed by atoms with E-state index < -0.39 is 18.0 Å². The zero-order chi connectivity index (χ0) is 15.1. The van der Waals surface area contributed by atoms with Gasteiger partial charge in [0.05, 0.1) is 20.3 Å². The Hall–Kier alpha value is -2.28. The number of nitrogen functional groups attached to an aromatic ring is 1. The third kappa shape index (κ3) is 4.43. The Morgan fingerprint density at radius 1 is 1.40 bits per heavy atom. The minimum absolute atomic E-state index is 0.246. The number of esters is 1. The summed E-state index contributed by atoms with van der Waals surface area (Å²) in [6.45, 7) is 2.02. The number of hydrogen-bond donors (Lipinski definition) is 3. The Morgan fingerprint density at radius 2 is 2.10 bits per heavy atom. The van der Waals surface area contributed by atoms with Crippen molar-refractivity contribution >= 4 is 17.6 Å². The fourth-order valence-corrected chi connectivity index (χ4v) is 1.51. The van der Waals surface area contributed by atoms with Crippen LogP contribution in [0.15, 0.2) is 18.2 Å². The second-order valence-corrected chi connectivity index (χ2v) is 3.97. The molecule has 0 bridgehead atoms. The smallest absolute Gasteiger partial charge is 0.336 e. The van der Waals surface area contributed by atoms with Gasteiger partial charge in [-0.2, -0.15) is 0 Å². The van der Waals surface area contributed by atoms with Crippen LogP contribution >= 0.6 is 0 Å². The van der Waals surface area contributed by atoms with Crippen molar-refractivity contribution in [2.45, 2.75) is 13.0 Å². The van der Waals surface area contributed by atoms with Crippen LogP contribution in [-0.4, -0.2) is 43.3 Å². The van der Waals surface area contributed by atoms with Gasteiger partial charge in [-0.05, 0) is 19.1 Å². The fraction of sp³-hybridized carbons (Fsp3) is 0.385. The van der Waals surface area contributed by atoms with E-state index in [2.05, 4.69) is 10.1 Å². The number of aliphatic hydroxyl groups excluding tert-OH is 1. The number of nitrogens with one attached hydrogen (secondary N) is 1. The van der Waals surface area contributed by atoms with E-state index in [4.69, 9.17) is 10.5 Å². The van der Waals surface area contributed by atoms with E-state index in [0.717, 1.165) is 7.11 Å². The van der Waals surface area contributed by atoms with Gasteiger partial charge in [0, 0.05) is 17.3 Å². The Bertz CT molecular complexity index is 490. The van der Waals surface area contributed by atoms with Crippen LogP contribution in [-0.2, 0) is 9.53 Å². The van der Waals surface area contributed by atoms with Crippen LogP contribution in [0, 0.1) is 0 Å². The second-order valence-electron chi connectivity index (χ2n) is 3.97. The molecular weight excluding hydrogens is 264 g/mol. The van der Waals surface area contributed by atoms with E-state index in [-0.39, 0.29) is 12.1 Å². The van der Waals surface area contributed by atoms with Gasteiger partial charge in [-0.1, -0.05) is 0 Å². The molecule has 1 amide bonds. The molecule has 0 aromatic heterocycles. The number of nitrogens with two attached hydrogens (primary N) is 1. The molecule has 0 aliphatic rings. The first kappa shape index (κ1) is 15.8. The van der Waals surface area contributed by atoms with Gasteiger partial charge in [-0.3, -0.25) is 4.79 Å². The van der Waals surface area contributed by atoms with Crippen molar-refractivity contribution in [3.8, 4) is 5.75 Å². The minimum atomic E-state index is -1.41. The highest BCUT2D eigenvalue weighted by atomic mass is 16.5. The highest BCUT2D eigenvalue weighted by Crippen LogP contribution is 2.18. The Balaban J connectivity index is 2.70. The minimum Gasteiger partial charge on any atom is -0.494 e. The van der Waals surface area contributed by atoms with Gasteiger partial charge in [0.1, 0.15) is 5.75 Å². The Labute approximate surface area is 116 Å². The number of hydrogen-bond acceptors (Lipinski definition) is 6. The van der Waals surface area contributed by atoms with Gasteiger partial charge in [0.15, 0.2) is 6.10 Å². The monoisotopic (exact) mass is 282 g/mol. The van der Waals surface area contributed by atoms with Gasteiger partial charge in [0.25, 0.3) is 5.91 Å². The van der Waals surface area contributed by atoms with Crippen LogP contribution in [0.5, 0.6) is 5.75 Å². The maximum Gasteiger partial charge on any atom is 0.336 e. The number of carbonyl (C=O) groups excluding carboxylic acids is 2. The first-order valence-electron chi connectivity index (χ1n) is 6.05. The van der Waals surface area contributed by atoms with Gasteiger partial charge in [-0.15, -0.1) is 0 Å². The van der Waals surface area contributed by atoms with Crippen LogP contribution in [0.1, 0.15) is 17.3 Å². The first-order chi connectivity index (χ1) is 9.47. The third-order valence-corrected chi connectivity index (χ3v) is 2.43. The van der Waals surface area contributed by atoms with Crippen molar-refractivity contribution in [1.29, 1.82) is 0 Å². The van der Waals surface area contributed by atoms with Crippen molar-refractivity contribution < 1.29 is 24.2 Å². The van der Waals surface area contributed by atoms with Crippen molar-refractivity contribution in [2.75, 3.05) is 26.0 Å². The molecule has 0 radical (unpaired) electrons. The average Bonchev–Trinajstić information content (AvgIpc) is 2.43. The molecule has 20 heavy (non-hydrogen) atoms. The summed E-state index contributed by atoms with van der Waals surface area (Å²) in [4.78, 5) is 22.9. The van der Waals surface area contributed by atoms with E-state index in [0.29, 0.717) is 18.0 Å². The number of anilines is 1. The average molecular weight is 282 g/mol. The second kappa shape index (κ2) is 7.34. The lowest BCUT2D eigenvalue weighted by Gasteiger charge is -2.11. The lowest BCUT2D eigenvalue weighted by molar-refractivity contribution is -0.149. The van der Waals surface area contributed by atoms with Crippen LogP contribution in [0.25, 0.3) is 0 Å². The quantitative estimate of drug-likeness (QED) is 0.497. The Morgan fingerprint density at radius 3 is 2.70 bits per heavy atom. The van der Waals surface area contributed by atoms with E-state index in [1.807, 2.05) is 6.92 Å². The summed E-state index contributed by atoms with van der Waals surface area (Å²) in [6, 6.07) is 4.60. The van der Waals surface area contributed by atoms with Crippen LogP contribution < -0.4 is 15.8 Å². The number of ether oxygens (including phenoxy) is 2. The Kier molecular flexibility index (Phi) is 5.79. The van der Waals surface area contributed by atoms with E-state index in [1.165, 1.54) is 12.1 Å². The summed E-state index contributed by atoms with van der Waals surface area (Å²) in [5, 5.41) is 11.8. The lowest BCUT2D eigenvalue weighted by atomic mass is 10.1. The van der Waals surface area contributed by atoms with Crippen LogP contribution in [0.4, 0.5) is 5.69 Å². The van der Waals surface area contributed by atoms with Crippen molar-refractivity contribution in [1.82, 2.24) is 5.32 Å². The topological polar surface area (TPSA) is 111 Å². The molecule has 1 aromatic rings. The number of rotatable bonds is 6. The maximum atomic E-state index is 11.9. The highest BCUT2D eigenvalue weighted by Gasteiger charge is 2.17. The predicted molar refractivity (Wildman–Crippen MR) is 72.4 cm³/mol. The number of methoxy groups -OCH3 is 1. The largest absolute Gasteiger partial charge is 0.494 e. The maximum absolute atomic E-state index is 11.9. The molecule has 7 nitrogen and oxygen atoms in total. The normalized spacial score (nSPS) is 11.6. The molecule has 0 aliphatic heterocycles. The molecule has 1 rings (SSSR count). The molecule has 0 saturated heterocycles. The number of amides is 1. The summed E-state index contributed by atoms with van der Waals surface area (Å²) >= 11 is 0. The van der Waals surface area contributed by atoms with Gasteiger partial charge >= 0.3 is 5.97 Å². The zero-order valence-corrected chi connectivity index (χ0v) is 11.4. The molecule has 110 valence electrons. The molecule has 4 N–H and O–H groups in total. The number of aliphatic hydroxyl groups is 1. The molecule has 0 saturated carbocycles. The fourth-order valence-electron chi connectivity index (χ4n) is 1.51. The standard InChI is InChI=1S/C13H18N2O5/c1-3-20-10-5-8(4-9(14)6-10)12(17)15-7-11(16)13(18)19-2/h4-6,11,16H,3,7,14H2,1-2H3,(H,15,17). The first-order valence-corrected chi connectivity index (χ1v) is 6.05.